The lowest BCUT2D eigenvalue weighted by atomic mass is 10.2. The van der Waals surface area contributed by atoms with Gasteiger partial charge in [-0.15, -0.1) is 0 Å². The van der Waals surface area contributed by atoms with Gasteiger partial charge in [-0.1, -0.05) is 13.3 Å². The summed E-state index contributed by atoms with van der Waals surface area (Å²) in [4.78, 5) is 10.4. The minimum atomic E-state index is -0.931. The van der Waals surface area contributed by atoms with Crippen LogP contribution < -0.4 is 0 Å². The molecule has 0 aromatic heterocycles. The molecule has 0 aromatic rings. The van der Waals surface area contributed by atoms with Crippen molar-refractivity contribution < 1.29 is 14.6 Å². The molecular formula is C6H12O3. The highest BCUT2D eigenvalue weighted by molar-refractivity contribution is 5.73. The van der Waals surface area contributed by atoms with Crippen LogP contribution in [0.3, 0.4) is 0 Å². The Kier molecular flexibility index (Phi) is 4.05. The van der Waals surface area contributed by atoms with Crippen LogP contribution in [0.2, 0.25) is 0 Å². The average molecular weight is 132 g/mol. The van der Waals surface area contributed by atoms with Gasteiger partial charge in [-0.3, -0.25) is 0 Å². The monoisotopic (exact) mass is 132 g/mol. The molecule has 0 radical (unpaired) electrons. The number of aliphatic hydroxyl groups is 1. The molecule has 0 aliphatic carbocycles. The number of esters is 1. The van der Waals surface area contributed by atoms with Gasteiger partial charge in [-0.05, 0) is 6.42 Å². The van der Waals surface area contributed by atoms with Gasteiger partial charge in [-0.2, -0.15) is 0 Å². The van der Waals surface area contributed by atoms with Gasteiger partial charge in [0.05, 0.1) is 7.11 Å². The zero-order valence-corrected chi connectivity index (χ0v) is 5.76. The molecule has 0 heterocycles. The second kappa shape index (κ2) is 4.32. The number of carbonyl (C=O) groups is 1. The quantitative estimate of drug-likeness (QED) is 0.562. The first-order valence-electron chi connectivity index (χ1n) is 2.98. The molecule has 3 nitrogen and oxygen atoms in total. The lowest BCUT2D eigenvalue weighted by Gasteiger charge is -2.04. The third kappa shape index (κ3) is 3.08. The number of methoxy groups -OCH3 is 1. The number of rotatable bonds is 3. The number of hydrogen-bond acceptors (Lipinski definition) is 3. The van der Waals surface area contributed by atoms with Gasteiger partial charge in [0, 0.05) is 0 Å². The summed E-state index contributed by atoms with van der Waals surface area (Å²) < 4.78 is 4.28. The van der Waals surface area contributed by atoms with Crippen LogP contribution in [0.4, 0.5) is 0 Å². The summed E-state index contributed by atoms with van der Waals surface area (Å²) in [6, 6.07) is 0. The van der Waals surface area contributed by atoms with E-state index < -0.39 is 12.1 Å². The molecule has 0 saturated carbocycles. The van der Waals surface area contributed by atoms with Crippen LogP contribution in [0.25, 0.3) is 0 Å². The van der Waals surface area contributed by atoms with Crippen molar-refractivity contribution in [3.05, 3.63) is 0 Å². The van der Waals surface area contributed by atoms with Crippen LogP contribution in [0.15, 0.2) is 0 Å². The van der Waals surface area contributed by atoms with Crippen molar-refractivity contribution in [2.75, 3.05) is 7.11 Å². The predicted octanol–water partition coefficient (Wildman–Crippen LogP) is 0.320. The van der Waals surface area contributed by atoms with Gasteiger partial charge in [0.15, 0.2) is 6.10 Å². The molecule has 0 amide bonds. The zero-order valence-electron chi connectivity index (χ0n) is 5.76. The van der Waals surface area contributed by atoms with Crippen LogP contribution in [0.5, 0.6) is 0 Å². The van der Waals surface area contributed by atoms with Gasteiger partial charge in [0.1, 0.15) is 0 Å². The molecule has 0 bridgehead atoms. The van der Waals surface area contributed by atoms with Crippen molar-refractivity contribution >= 4 is 5.97 Å². The highest BCUT2D eigenvalue weighted by atomic mass is 16.5. The third-order valence-electron chi connectivity index (χ3n) is 1.04. The van der Waals surface area contributed by atoms with Crippen molar-refractivity contribution in [2.24, 2.45) is 0 Å². The fraction of sp³-hybridized carbons (Fsp3) is 0.833. The van der Waals surface area contributed by atoms with Gasteiger partial charge in [0.25, 0.3) is 0 Å². The minimum absolute atomic E-state index is 0.479. The summed E-state index contributed by atoms with van der Waals surface area (Å²) >= 11 is 0. The highest BCUT2D eigenvalue weighted by Gasteiger charge is 2.12. The van der Waals surface area contributed by atoms with E-state index in [1.54, 1.807) is 0 Å². The summed E-state index contributed by atoms with van der Waals surface area (Å²) in [5.74, 6) is -0.545. The first kappa shape index (κ1) is 8.43. The lowest BCUT2D eigenvalue weighted by Crippen LogP contribution is -2.20. The van der Waals surface area contributed by atoms with E-state index in [1.165, 1.54) is 7.11 Å². The Labute approximate surface area is 54.6 Å². The predicted molar refractivity (Wildman–Crippen MR) is 32.9 cm³/mol. The van der Waals surface area contributed by atoms with Crippen molar-refractivity contribution in [3.63, 3.8) is 0 Å². The summed E-state index contributed by atoms with van der Waals surface area (Å²) in [5, 5.41) is 8.84. The largest absolute Gasteiger partial charge is 0.467 e. The molecule has 0 aromatic carbocycles. The first-order valence-corrected chi connectivity index (χ1v) is 2.98. The van der Waals surface area contributed by atoms with E-state index in [2.05, 4.69) is 4.74 Å². The Hall–Kier alpha value is -0.570. The number of carbonyl (C=O) groups excluding carboxylic acids is 1. The van der Waals surface area contributed by atoms with E-state index in [-0.39, 0.29) is 0 Å². The molecule has 0 aliphatic rings. The molecule has 0 unspecified atom stereocenters. The smallest absolute Gasteiger partial charge is 0.334 e. The Morgan fingerprint density at radius 2 is 2.33 bits per heavy atom. The Bertz CT molecular complexity index is 90.3. The Morgan fingerprint density at radius 1 is 1.78 bits per heavy atom. The van der Waals surface area contributed by atoms with Gasteiger partial charge < -0.3 is 9.84 Å². The topological polar surface area (TPSA) is 46.5 Å². The third-order valence-corrected chi connectivity index (χ3v) is 1.04. The van der Waals surface area contributed by atoms with Crippen molar-refractivity contribution in [1.82, 2.24) is 0 Å². The maximum absolute atomic E-state index is 10.4. The fourth-order valence-electron chi connectivity index (χ4n) is 0.527. The van der Waals surface area contributed by atoms with E-state index in [9.17, 15) is 4.79 Å². The standard InChI is InChI=1S/C6H12O3/c1-3-4-5(7)6(8)9-2/h5,7H,3-4H2,1-2H3/t5-/m0/s1. The second-order valence-corrected chi connectivity index (χ2v) is 1.83. The fourth-order valence-corrected chi connectivity index (χ4v) is 0.527. The van der Waals surface area contributed by atoms with Crippen LogP contribution in [0, 0.1) is 0 Å². The van der Waals surface area contributed by atoms with E-state index in [4.69, 9.17) is 5.11 Å². The summed E-state index contributed by atoms with van der Waals surface area (Å²) in [6.45, 7) is 1.90. The molecule has 0 aliphatic heterocycles. The molecule has 0 fully saturated rings. The van der Waals surface area contributed by atoms with E-state index in [0.29, 0.717) is 6.42 Å². The number of aliphatic hydroxyl groups excluding tert-OH is 1. The first-order chi connectivity index (χ1) is 4.22. The normalized spacial score (nSPS) is 12.8. The molecule has 9 heavy (non-hydrogen) atoms. The summed E-state index contributed by atoms with van der Waals surface area (Å²) in [5.41, 5.74) is 0. The molecule has 1 N–H and O–H groups in total. The molecule has 54 valence electrons. The van der Waals surface area contributed by atoms with Gasteiger partial charge in [-0.25, -0.2) is 4.79 Å². The SMILES string of the molecule is CCC[C@H](O)C(=O)OC. The maximum Gasteiger partial charge on any atom is 0.334 e. The molecule has 0 rings (SSSR count). The number of ether oxygens (including phenoxy) is 1. The van der Waals surface area contributed by atoms with Crippen molar-refractivity contribution in [1.29, 1.82) is 0 Å². The molecular weight excluding hydrogens is 120 g/mol. The summed E-state index contributed by atoms with van der Waals surface area (Å²) in [7, 11) is 1.27. The van der Waals surface area contributed by atoms with E-state index in [1.807, 2.05) is 6.92 Å². The van der Waals surface area contributed by atoms with Crippen LogP contribution in [0.1, 0.15) is 19.8 Å². The Morgan fingerprint density at radius 3 is 2.67 bits per heavy atom. The molecule has 0 saturated heterocycles. The van der Waals surface area contributed by atoms with Crippen LogP contribution in [-0.4, -0.2) is 24.3 Å². The summed E-state index contributed by atoms with van der Waals surface area (Å²) in [6.07, 6.45) is 0.336. The van der Waals surface area contributed by atoms with E-state index >= 15 is 0 Å². The van der Waals surface area contributed by atoms with Gasteiger partial charge >= 0.3 is 5.97 Å². The molecule has 1 atom stereocenters. The average Bonchev–Trinajstić information content (AvgIpc) is 1.87. The van der Waals surface area contributed by atoms with Crippen LogP contribution in [-0.2, 0) is 9.53 Å². The highest BCUT2D eigenvalue weighted by Crippen LogP contribution is 1.96. The lowest BCUT2D eigenvalue weighted by molar-refractivity contribution is -0.150. The Balaban J connectivity index is 3.45. The maximum atomic E-state index is 10.4. The van der Waals surface area contributed by atoms with E-state index in [0.717, 1.165) is 6.42 Å². The molecule has 3 heteroatoms. The minimum Gasteiger partial charge on any atom is -0.467 e. The van der Waals surface area contributed by atoms with Gasteiger partial charge in [0.2, 0.25) is 0 Å². The zero-order chi connectivity index (χ0) is 7.28. The second-order valence-electron chi connectivity index (χ2n) is 1.83. The van der Waals surface area contributed by atoms with Crippen molar-refractivity contribution in [3.8, 4) is 0 Å². The van der Waals surface area contributed by atoms with Crippen LogP contribution >= 0.6 is 0 Å². The molecule has 0 spiro atoms. The van der Waals surface area contributed by atoms with Crippen molar-refractivity contribution in [2.45, 2.75) is 25.9 Å². The number of hydrogen-bond donors (Lipinski definition) is 1.